The van der Waals surface area contributed by atoms with Gasteiger partial charge in [-0.2, -0.15) is 0 Å². The Bertz CT molecular complexity index is 814. The Labute approximate surface area is 135 Å². The van der Waals surface area contributed by atoms with Crippen molar-refractivity contribution >= 4 is 9.84 Å². The summed E-state index contributed by atoms with van der Waals surface area (Å²) in [6, 6.07) is 9.90. The molecule has 0 unspecified atom stereocenters. The number of benzene rings is 2. The Balaban J connectivity index is 2.03. The first-order valence-electron chi connectivity index (χ1n) is 7.41. The Morgan fingerprint density at radius 3 is 2.61 bits per heavy atom. The highest BCUT2D eigenvalue weighted by atomic mass is 32.2. The van der Waals surface area contributed by atoms with E-state index in [1.165, 1.54) is 31.4 Å². The number of ether oxygens (including phenoxy) is 1. The zero-order valence-electron chi connectivity index (χ0n) is 12.8. The van der Waals surface area contributed by atoms with Gasteiger partial charge in [-0.1, -0.05) is 12.1 Å². The monoisotopic (exact) mass is 335 g/mol. The van der Waals surface area contributed by atoms with Gasteiger partial charge in [0.2, 0.25) is 9.84 Å². The second kappa shape index (κ2) is 6.29. The molecule has 1 saturated heterocycles. The lowest BCUT2D eigenvalue weighted by Gasteiger charge is -2.15. The van der Waals surface area contributed by atoms with Crippen molar-refractivity contribution in [1.82, 2.24) is 5.32 Å². The number of methoxy groups -OCH3 is 1. The van der Waals surface area contributed by atoms with Crippen LogP contribution in [0.3, 0.4) is 0 Å². The molecule has 0 radical (unpaired) electrons. The average Bonchev–Trinajstić information content (AvgIpc) is 3.08. The molecule has 0 aromatic heterocycles. The summed E-state index contributed by atoms with van der Waals surface area (Å²) < 4.78 is 44.0. The lowest BCUT2D eigenvalue weighted by atomic mass is 9.97. The Kier molecular flexibility index (Phi) is 4.37. The molecule has 4 nitrogen and oxygen atoms in total. The molecule has 6 heteroatoms. The average molecular weight is 335 g/mol. The fraction of sp³-hybridized carbons (Fsp3) is 0.294. The summed E-state index contributed by atoms with van der Waals surface area (Å²) >= 11 is 0. The molecule has 0 spiro atoms. The maximum atomic E-state index is 13.3. The predicted octanol–water partition coefficient (Wildman–Crippen LogP) is 2.74. The fourth-order valence-corrected chi connectivity index (χ4v) is 4.19. The minimum absolute atomic E-state index is 0.0603. The van der Waals surface area contributed by atoms with Crippen LogP contribution in [-0.2, 0) is 9.84 Å². The molecule has 1 aliphatic heterocycles. The molecule has 1 fully saturated rings. The van der Waals surface area contributed by atoms with Gasteiger partial charge in [-0.25, -0.2) is 12.8 Å². The highest BCUT2D eigenvalue weighted by molar-refractivity contribution is 7.91. The van der Waals surface area contributed by atoms with Crippen LogP contribution in [0.25, 0.3) is 0 Å². The van der Waals surface area contributed by atoms with Gasteiger partial charge < -0.3 is 10.1 Å². The van der Waals surface area contributed by atoms with Crippen molar-refractivity contribution < 1.29 is 17.5 Å². The first-order valence-corrected chi connectivity index (χ1v) is 8.90. The Morgan fingerprint density at radius 1 is 1.17 bits per heavy atom. The van der Waals surface area contributed by atoms with E-state index in [4.69, 9.17) is 4.74 Å². The lowest BCUT2D eigenvalue weighted by Crippen LogP contribution is -2.09. The molecule has 0 amide bonds. The minimum Gasteiger partial charge on any atom is -0.496 e. The van der Waals surface area contributed by atoms with E-state index in [2.05, 4.69) is 5.32 Å². The largest absolute Gasteiger partial charge is 0.496 e. The van der Waals surface area contributed by atoms with Crippen LogP contribution in [0, 0.1) is 5.82 Å². The summed E-state index contributed by atoms with van der Waals surface area (Å²) in [6.07, 6.45) is 0.992. The molecular formula is C17H18FNO3S. The molecular weight excluding hydrogens is 317 g/mol. The summed E-state index contributed by atoms with van der Waals surface area (Å²) in [7, 11) is -2.24. The summed E-state index contributed by atoms with van der Waals surface area (Å²) in [5.41, 5.74) is 0.996. The summed E-state index contributed by atoms with van der Waals surface area (Å²) in [5, 5.41) is 3.28. The van der Waals surface area contributed by atoms with Gasteiger partial charge in [-0.3, -0.25) is 0 Å². The molecule has 1 heterocycles. The maximum absolute atomic E-state index is 13.3. The highest BCUT2D eigenvalue weighted by Gasteiger charge is 2.24. The third-order valence-corrected chi connectivity index (χ3v) is 5.87. The zero-order chi connectivity index (χ0) is 16.4. The number of sulfone groups is 1. The standard InChI is InChI=1S/C17H18FNO3S/c1-22-17-10-15(5-6-16(17)12-7-8-19-11-12)23(20,21)14-4-2-3-13(18)9-14/h2-6,9-10,12,19H,7-8,11H2,1H3/t12-/m1/s1. The molecule has 1 aliphatic rings. The zero-order valence-corrected chi connectivity index (χ0v) is 13.6. The van der Waals surface area contributed by atoms with Crippen LogP contribution in [0.5, 0.6) is 5.75 Å². The Hall–Kier alpha value is -1.92. The van der Waals surface area contributed by atoms with E-state index in [0.29, 0.717) is 11.7 Å². The van der Waals surface area contributed by atoms with E-state index in [1.807, 2.05) is 0 Å². The third kappa shape index (κ3) is 3.09. The molecule has 3 rings (SSSR count). The maximum Gasteiger partial charge on any atom is 0.206 e. The van der Waals surface area contributed by atoms with E-state index in [-0.39, 0.29) is 9.79 Å². The van der Waals surface area contributed by atoms with Crippen LogP contribution in [-0.4, -0.2) is 28.6 Å². The highest BCUT2D eigenvalue weighted by Crippen LogP contribution is 2.34. The number of hydrogen-bond acceptors (Lipinski definition) is 4. The number of halogens is 1. The van der Waals surface area contributed by atoms with Crippen molar-refractivity contribution in [3.63, 3.8) is 0 Å². The topological polar surface area (TPSA) is 55.4 Å². The molecule has 2 aromatic rings. The molecule has 0 bridgehead atoms. The van der Waals surface area contributed by atoms with Crippen molar-refractivity contribution in [2.24, 2.45) is 0 Å². The lowest BCUT2D eigenvalue weighted by molar-refractivity contribution is 0.405. The van der Waals surface area contributed by atoms with Gasteiger partial charge in [0.15, 0.2) is 0 Å². The molecule has 1 atom stereocenters. The van der Waals surface area contributed by atoms with Gasteiger partial charge in [0.1, 0.15) is 11.6 Å². The summed E-state index contributed by atoms with van der Waals surface area (Å²) in [4.78, 5) is 0.0458. The number of rotatable bonds is 4. The van der Waals surface area contributed by atoms with E-state index in [0.717, 1.165) is 31.1 Å². The van der Waals surface area contributed by atoms with Crippen molar-refractivity contribution in [1.29, 1.82) is 0 Å². The van der Waals surface area contributed by atoms with Crippen molar-refractivity contribution in [3.05, 3.63) is 53.8 Å². The van der Waals surface area contributed by atoms with Crippen molar-refractivity contribution in [2.75, 3.05) is 20.2 Å². The first-order chi connectivity index (χ1) is 11.0. The second-order valence-electron chi connectivity index (χ2n) is 5.55. The minimum atomic E-state index is -3.77. The molecule has 122 valence electrons. The van der Waals surface area contributed by atoms with Gasteiger partial charge in [0, 0.05) is 12.5 Å². The SMILES string of the molecule is COc1cc(S(=O)(=O)c2cccc(F)c2)ccc1[C@@H]1CCNC1. The molecule has 0 aliphatic carbocycles. The third-order valence-electron chi connectivity index (χ3n) is 4.12. The van der Waals surface area contributed by atoms with Crippen LogP contribution < -0.4 is 10.1 Å². The van der Waals surface area contributed by atoms with E-state index in [1.54, 1.807) is 12.1 Å². The van der Waals surface area contributed by atoms with E-state index in [9.17, 15) is 12.8 Å². The van der Waals surface area contributed by atoms with E-state index >= 15 is 0 Å². The second-order valence-corrected chi connectivity index (χ2v) is 7.50. The fourth-order valence-electron chi connectivity index (χ4n) is 2.89. The van der Waals surface area contributed by atoms with E-state index < -0.39 is 15.7 Å². The van der Waals surface area contributed by atoms with Crippen molar-refractivity contribution in [3.8, 4) is 5.75 Å². The van der Waals surface area contributed by atoms with Gasteiger partial charge in [-0.05, 0) is 48.9 Å². The van der Waals surface area contributed by atoms with Gasteiger partial charge in [0.05, 0.1) is 16.9 Å². The van der Waals surface area contributed by atoms with Gasteiger partial charge in [0.25, 0.3) is 0 Å². The number of nitrogens with one attached hydrogen (secondary N) is 1. The van der Waals surface area contributed by atoms with Crippen LogP contribution in [0.1, 0.15) is 17.9 Å². The molecule has 1 N–H and O–H groups in total. The molecule has 23 heavy (non-hydrogen) atoms. The summed E-state index contributed by atoms with van der Waals surface area (Å²) in [6.45, 7) is 1.80. The van der Waals surface area contributed by atoms with Gasteiger partial charge in [-0.15, -0.1) is 0 Å². The van der Waals surface area contributed by atoms with Gasteiger partial charge >= 0.3 is 0 Å². The normalized spacial score (nSPS) is 18.1. The molecule has 2 aromatic carbocycles. The Morgan fingerprint density at radius 2 is 1.96 bits per heavy atom. The van der Waals surface area contributed by atoms with Crippen LogP contribution in [0.15, 0.2) is 52.3 Å². The predicted molar refractivity (Wildman–Crippen MR) is 85.1 cm³/mol. The first kappa shape index (κ1) is 16.0. The summed E-state index contributed by atoms with van der Waals surface area (Å²) in [5.74, 6) is 0.291. The smallest absolute Gasteiger partial charge is 0.206 e. The van der Waals surface area contributed by atoms with Crippen molar-refractivity contribution in [2.45, 2.75) is 22.1 Å². The molecule has 0 saturated carbocycles. The number of hydrogen-bond donors (Lipinski definition) is 1. The van der Waals surface area contributed by atoms with Crippen LogP contribution in [0.4, 0.5) is 4.39 Å². The quantitative estimate of drug-likeness (QED) is 0.933. The van der Waals surface area contributed by atoms with Crippen LogP contribution >= 0.6 is 0 Å². The van der Waals surface area contributed by atoms with Crippen LogP contribution in [0.2, 0.25) is 0 Å².